The van der Waals surface area contributed by atoms with Gasteiger partial charge in [0.15, 0.2) is 0 Å². The summed E-state index contributed by atoms with van der Waals surface area (Å²) in [5.41, 5.74) is 0.254. The Morgan fingerprint density at radius 3 is 3.00 bits per heavy atom. The van der Waals surface area contributed by atoms with Crippen molar-refractivity contribution in [3.05, 3.63) is 16.1 Å². The molecule has 2 heterocycles. The van der Waals surface area contributed by atoms with E-state index in [4.69, 9.17) is 4.74 Å². The molecule has 3 rings (SSSR count). The fraction of sp³-hybridized carbons (Fsp3) is 0.769. The number of nitrogens with zero attached hydrogens (tertiary/aromatic N) is 1. The summed E-state index contributed by atoms with van der Waals surface area (Å²) in [6, 6.07) is 0.467. The molecule has 0 bridgehead atoms. The van der Waals surface area contributed by atoms with Gasteiger partial charge in [-0.3, -0.25) is 0 Å². The van der Waals surface area contributed by atoms with Gasteiger partial charge in [0.1, 0.15) is 0 Å². The third-order valence-electron chi connectivity index (χ3n) is 3.72. The highest BCUT2D eigenvalue weighted by Gasteiger charge is 2.35. The molecule has 2 fully saturated rings. The number of thiazole rings is 1. The van der Waals surface area contributed by atoms with Gasteiger partial charge in [-0.2, -0.15) is 0 Å². The molecule has 0 amide bonds. The summed E-state index contributed by atoms with van der Waals surface area (Å²) in [4.78, 5) is 5.86. The third-order valence-corrected chi connectivity index (χ3v) is 4.88. The van der Waals surface area contributed by atoms with E-state index >= 15 is 0 Å². The predicted octanol–water partition coefficient (Wildman–Crippen LogP) is 2.54. The van der Waals surface area contributed by atoms with Gasteiger partial charge in [-0.15, -0.1) is 11.3 Å². The van der Waals surface area contributed by atoms with Crippen LogP contribution in [0.1, 0.15) is 42.5 Å². The van der Waals surface area contributed by atoms with E-state index in [9.17, 15) is 0 Å². The van der Waals surface area contributed by atoms with Gasteiger partial charge in [0, 0.05) is 35.0 Å². The second-order valence-electron chi connectivity index (χ2n) is 5.88. The topological polar surface area (TPSA) is 34.1 Å². The quantitative estimate of drug-likeness (QED) is 0.894. The lowest BCUT2D eigenvalue weighted by molar-refractivity contribution is 0.166. The Hall–Kier alpha value is -0.450. The number of nitrogens with one attached hydrogen (secondary N) is 1. The van der Waals surface area contributed by atoms with Crippen molar-refractivity contribution in [2.75, 3.05) is 13.2 Å². The minimum Gasteiger partial charge on any atom is -0.379 e. The molecule has 1 unspecified atom stereocenters. The van der Waals surface area contributed by atoms with Crippen LogP contribution in [-0.4, -0.2) is 24.2 Å². The highest BCUT2D eigenvalue weighted by molar-refractivity contribution is 7.11. The van der Waals surface area contributed by atoms with Crippen LogP contribution >= 0.6 is 11.3 Å². The summed E-state index contributed by atoms with van der Waals surface area (Å²) in [5.74, 6) is 0.778. The molecule has 4 heteroatoms. The lowest BCUT2D eigenvalue weighted by atomic mass is 9.88. The molecule has 1 aromatic rings. The maximum absolute atomic E-state index is 5.54. The fourth-order valence-electron chi connectivity index (χ4n) is 2.25. The van der Waals surface area contributed by atoms with Crippen molar-refractivity contribution in [3.8, 4) is 0 Å². The molecule has 17 heavy (non-hydrogen) atoms. The first-order valence-corrected chi connectivity index (χ1v) is 7.22. The Labute approximate surface area is 107 Å². The molecule has 0 radical (unpaired) electrons. The first kappa shape index (κ1) is 11.6. The first-order valence-electron chi connectivity index (χ1n) is 6.41. The molecule has 1 saturated carbocycles. The van der Waals surface area contributed by atoms with Gasteiger partial charge in [0.2, 0.25) is 0 Å². The second kappa shape index (κ2) is 4.34. The van der Waals surface area contributed by atoms with Crippen LogP contribution < -0.4 is 5.32 Å². The molecule has 2 aliphatic rings. The van der Waals surface area contributed by atoms with E-state index in [1.54, 1.807) is 0 Å². The number of rotatable bonds is 4. The lowest BCUT2D eigenvalue weighted by Gasteiger charge is -2.25. The van der Waals surface area contributed by atoms with Crippen LogP contribution in [0.25, 0.3) is 0 Å². The van der Waals surface area contributed by atoms with E-state index in [-0.39, 0.29) is 5.41 Å². The molecule has 3 nitrogen and oxygen atoms in total. The molecular weight excluding hydrogens is 232 g/mol. The smallest absolute Gasteiger partial charge is 0.0959 e. The number of hydrogen-bond donors (Lipinski definition) is 1. The summed E-state index contributed by atoms with van der Waals surface area (Å²) in [7, 11) is 0. The van der Waals surface area contributed by atoms with Crippen molar-refractivity contribution in [1.82, 2.24) is 10.3 Å². The normalized spacial score (nSPS) is 27.5. The lowest BCUT2D eigenvalue weighted by Crippen LogP contribution is -2.40. The largest absolute Gasteiger partial charge is 0.379 e. The van der Waals surface area contributed by atoms with E-state index in [0.29, 0.717) is 6.04 Å². The monoisotopic (exact) mass is 252 g/mol. The zero-order chi connectivity index (χ0) is 11.9. The molecule has 1 aliphatic heterocycles. The maximum Gasteiger partial charge on any atom is 0.0959 e. The van der Waals surface area contributed by atoms with Gasteiger partial charge in [-0.05, 0) is 12.8 Å². The SMILES string of the molecule is CC1(C)COCC1NCc1cnc(C2CC2)s1. The van der Waals surface area contributed by atoms with Gasteiger partial charge in [0.05, 0.1) is 18.2 Å². The molecule has 1 N–H and O–H groups in total. The average Bonchev–Trinajstić information content (AvgIpc) is 2.93. The van der Waals surface area contributed by atoms with Crippen molar-refractivity contribution in [3.63, 3.8) is 0 Å². The molecule has 0 spiro atoms. The summed E-state index contributed by atoms with van der Waals surface area (Å²) >= 11 is 1.87. The zero-order valence-corrected chi connectivity index (χ0v) is 11.3. The van der Waals surface area contributed by atoms with Crippen molar-refractivity contribution in [2.24, 2.45) is 5.41 Å². The van der Waals surface area contributed by atoms with E-state index in [1.807, 2.05) is 17.5 Å². The van der Waals surface area contributed by atoms with E-state index < -0.39 is 0 Å². The van der Waals surface area contributed by atoms with Crippen LogP contribution in [0.15, 0.2) is 6.20 Å². The molecular formula is C13H20N2OS. The summed E-state index contributed by atoms with van der Waals surface area (Å²) < 4.78 is 5.54. The van der Waals surface area contributed by atoms with E-state index in [0.717, 1.165) is 25.7 Å². The van der Waals surface area contributed by atoms with Gasteiger partial charge in [-0.25, -0.2) is 4.98 Å². The highest BCUT2D eigenvalue weighted by atomic mass is 32.1. The van der Waals surface area contributed by atoms with Gasteiger partial charge >= 0.3 is 0 Å². The molecule has 1 saturated heterocycles. The Morgan fingerprint density at radius 2 is 2.35 bits per heavy atom. The Balaban J connectivity index is 1.56. The Bertz CT molecular complexity index is 398. The Kier molecular flexibility index (Phi) is 2.97. The number of hydrogen-bond acceptors (Lipinski definition) is 4. The van der Waals surface area contributed by atoms with Crippen molar-refractivity contribution >= 4 is 11.3 Å². The second-order valence-corrected chi connectivity index (χ2v) is 7.02. The summed E-state index contributed by atoms with van der Waals surface area (Å²) in [6.07, 6.45) is 4.71. The summed E-state index contributed by atoms with van der Waals surface area (Å²) in [5, 5.41) is 4.94. The third kappa shape index (κ3) is 2.54. The van der Waals surface area contributed by atoms with Crippen LogP contribution in [0.3, 0.4) is 0 Å². The van der Waals surface area contributed by atoms with Crippen molar-refractivity contribution in [1.29, 1.82) is 0 Å². The minimum atomic E-state index is 0.254. The van der Waals surface area contributed by atoms with Crippen LogP contribution in [-0.2, 0) is 11.3 Å². The van der Waals surface area contributed by atoms with Crippen LogP contribution in [0.2, 0.25) is 0 Å². The van der Waals surface area contributed by atoms with Gasteiger partial charge < -0.3 is 10.1 Å². The van der Waals surface area contributed by atoms with Crippen LogP contribution in [0, 0.1) is 5.41 Å². The fourth-order valence-corrected chi connectivity index (χ4v) is 3.29. The van der Waals surface area contributed by atoms with Gasteiger partial charge in [-0.1, -0.05) is 13.8 Å². The van der Waals surface area contributed by atoms with E-state index in [1.165, 1.54) is 22.7 Å². The zero-order valence-electron chi connectivity index (χ0n) is 10.5. The maximum atomic E-state index is 5.54. The number of ether oxygens (including phenoxy) is 1. The highest BCUT2D eigenvalue weighted by Crippen LogP contribution is 2.41. The Morgan fingerprint density at radius 1 is 1.53 bits per heavy atom. The average molecular weight is 252 g/mol. The molecule has 0 aromatic carbocycles. The molecule has 1 aliphatic carbocycles. The molecule has 94 valence electrons. The van der Waals surface area contributed by atoms with Crippen LogP contribution in [0.4, 0.5) is 0 Å². The molecule has 1 atom stereocenters. The first-order chi connectivity index (χ1) is 8.15. The number of aromatic nitrogens is 1. The van der Waals surface area contributed by atoms with Crippen LogP contribution in [0.5, 0.6) is 0 Å². The minimum absolute atomic E-state index is 0.254. The van der Waals surface area contributed by atoms with E-state index in [2.05, 4.69) is 24.1 Å². The summed E-state index contributed by atoms with van der Waals surface area (Å²) in [6.45, 7) is 7.16. The van der Waals surface area contributed by atoms with Gasteiger partial charge in [0.25, 0.3) is 0 Å². The molecule has 1 aromatic heterocycles. The van der Waals surface area contributed by atoms with Crippen molar-refractivity contribution in [2.45, 2.75) is 45.2 Å². The predicted molar refractivity (Wildman–Crippen MR) is 69.3 cm³/mol. The van der Waals surface area contributed by atoms with Crippen molar-refractivity contribution < 1.29 is 4.74 Å². The standard InChI is InChI=1S/C13H20N2OS/c1-13(2)8-16-7-11(13)14-5-10-6-15-12(17-10)9-3-4-9/h6,9,11,14H,3-5,7-8H2,1-2H3.